The molecule has 0 aliphatic heterocycles. The summed E-state index contributed by atoms with van der Waals surface area (Å²) in [5.74, 6) is 0. The van der Waals surface area contributed by atoms with Gasteiger partial charge in [-0.25, -0.2) is 0 Å². The Kier molecular flexibility index (Phi) is 4.69. The summed E-state index contributed by atoms with van der Waals surface area (Å²) in [7, 11) is 0. The molecule has 0 aliphatic carbocycles. The molecule has 18 heavy (non-hydrogen) atoms. The molecule has 0 bridgehead atoms. The molecule has 1 N–H and O–H groups in total. The summed E-state index contributed by atoms with van der Waals surface area (Å²) in [5.41, 5.74) is 1.85. The molecule has 5 heteroatoms. The fourth-order valence-corrected chi connectivity index (χ4v) is 2.74. The second kappa shape index (κ2) is 6.27. The van der Waals surface area contributed by atoms with Gasteiger partial charge in [-0.3, -0.25) is 0 Å². The van der Waals surface area contributed by atoms with E-state index in [1.165, 1.54) is 11.5 Å². The molecule has 1 heterocycles. The Morgan fingerprint density at radius 1 is 1.39 bits per heavy atom. The van der Waals surface area contributed by atoms with Crippen LogP contribution in [0.5, 0.6) is 0 Å². The van der Waals surface area contributed by atoms with Crippen molar-refractivity contribution in [2.24, 2.45) is 0 Å². The largest absolute Gasteiger partial charge is 0.387 e. The second-order valence-corrected chi connectivity index (χ2v) is 5.34. The van der Waals surface area contributed by atoms with Crippen molar-refractivity contribution in [3.05, 3.63) is 45.4 Å². The number of aliphatic hydroxyl groups excluding tert-OH is 1. The Labute approximate surface area is 116 Å². The number of rotatable bonds is 5. The van der Waals surface area contributed by atoms with Crippen LogP contribution in [0.1, 0.15) is 35.6 Å². The van der Waals surface area contributed by atoms with Crippen LogP contribution in [-0.2, 0) is 12.8 Å². The van der Waals surface area contributed by atoms with Gasteiger partial charge in [-0.15, -0.1) is 5.10 Å². The van der Waals surface area contributed by atoms with Gasteiger partial charge < -0.3 is 5.11 Å². The van der Waals surface area contributed by atoms with Crippen LogP contribution in [0.3, 0.4) is 0 Å². The molecule has 0 saturated heterocycles. The van der Waals surface area contributed by atoms with E-state index in [-0.39, 0.29) is 0 Å². The highest BCUT2D eigenvalue weighted by atomic mass is 35.5. The van der Waals surface area contributed by atoms with Gasteiger partial charge in [0.1, 0.15) is 0 Å². The van der Waals surface area contributed by atoms with Crippen molar-refractivity contribution in [1.82, 2.24) is 9.59 Å². The summed E-state index contributed by atoms with van der Waals surface area (Å²) in [5, 5.41) is 15.0. The minimum Gasteiger partial charge on any atom is -0.387 e. The summed E-state index contributed by atoms with van der Waals surface area (Å²) in [4.78, 5) is 0.858. The maximum atomic E-state index is 10.3. The first-order chi connectivity index (χ1) is 8.72. The molecule has 0 spiro atoms. The number of hydrogen-bond donors (Lipinski definition) is 1. The van der Waals surface area contributed by atoms with E-state index in [1.54, 1.807) is 0 Å². The smallest absolute Gasteiger partial charge is 0.0957 e. The van der Waals surface area contributed by atoms with Crippen LogP contribution in [-0.4, -0.2) is 14.7 Å². The highest BCUT2D eigenvalue weighted by Crippen LogP contribution is 2.27. The first-order valence-electron chi connectivity index (χ1n) is 5.95. The molecular weight excluding hydrogens is 268 g/mol. The lowest BCUT2D eigenvalue weighted by Gasteiger charge is -2.10. The number of aryl methyl sites for hydroxylation is 1. The zero-order chi connectivity index (χ0) is 13.0. The Bertz CT molecular complexity index is 515. The van der Waals surface area contributed by atoms with Crippen molar-refractivity contribution in [1.29, 1.82) is 0 Å². The first kappa shape index (κ1) is 13.5. The van der Waals surface area contributed by atoms with Gasteiger partial charge in [0.15, 0.2) is 0 Å². The average Bonchev–Trinajstić information content (AvgIpc) is 2.81. The number of aromatic nitrogens is 2. The van der Waals surface area contributed by atoms with Crippen molar-refractivity contribution in [2.75, 3.05) is 0 Å². The van der Waals surface area contributed by atoms with E-state index < -0.39 is 6.10 Å². The van der Waals surface area contributed by atoms with Gasteiger partial charge in [0.25, 0.3) is 0 Å². The zero-order valence-corrected chi connectivity index (χ0v) is 11.7. The highest BCUT2D eigenvalue weighted by molar-refractivity contribution is 7.05. The second-order valence-electron chi connectivity index (χ2n) is 4.15. The number of hydrogen-bond acceptors (Lipinski definition) is 4. The molecule has 2 aromatic rings. The van der Waals surface area contributed by atoms with Crippen LogP contribution >= 0.6 is 23.1 Å². The molecule has 1 unspecified atom stereocenters. The molecular formula is C13H15ClN2OS. The summed E-state index contributed by atoms with van der Waals surface area (Å²) in [6.45, 7) is 2.09. The quantitative estimate of drug-likeness (QED) is 0.914. The highest BCUT2D eigenvalue weighted by Gasteiger charge is 2.17. The van der Waals surface area contributed by atoms with E-state index in [1.807, 2.05) is 24.3 Å². The molecule has 96 valence electrons. The lowest BCUT2D eigenvalue weighted by Crippen LogP contribution is -2.03. The van der Waals surface area contributed by atoms with Gasteiger partial charge in [0, 0.05) is 11.4 Å². The third-order valence-corrected chi connectivity index (χ3v) is 3.98. The molecule has 1 aromatic heterocycles. The normalized spacial score (nSPS) is 12.6. The van der Waals surface area contributed by atoms with Gasteiger partial charge >= 0.3 is 0 Å². The van der Waals surface area contributed by atoms with Crippen molar-refractivity contribution >= 4 is 23.1 Å². The summed E-state index contributed by atoms with van der Waals surface area (Å²) >= 11 is 7.36. The van der Waals surface area contributed by atoms with Crippen molar-refractivity contribution in [3.8, 4) is 0 Å². The minimum absolute atomic E-state index is 0.500. The maximum absolute atomic E-state index is 10.3. The van der Waals surface area contributed by atoms with Crippen LogP contribution in [0, 0.1) is 0 Å². The van der Waals surface area contributed by atoms with Crippen molar-refractivity contribution < 1.29 is 5.11 Å². The molecule has 1 aromatic carbocycles. The molecule has 1 atom stereocenters. The predicted octanol–water partition coefficient (Wildman–Crippen LogP) is 3.42. The van der Waals surface area contributed by atoms with Crippen LogP contribution in [0.15, 0.2) is 24.3 Å². The summed E-state index contributed by atoms with van der Waals surface area (Å²) in [6, 6.07) is 7.57. The number of nitrogens with zero attached hydrogens (tertiary/aromatic N) is 2. The molecule has 0 saturated carbocycles. The van der Waals surface area contributed by atoms with Crippen LogP contribution < -0.4 is 0 Å². The molecule has 0 radical (unpaired) electrons. The predicted molar refractivity (Wildman–Crippen MR) is 74.0 cm³/mol. The van der Waals surface area contributed by atoms with Gasteiger partial charge in [0.2, 0.25) is 0 Å². The topological polar surface area (TPSA) is 46.0 Å². The van der Waals surface area contributed by atoms with Crippen LogP contribution in [0.25, 0.3) is 0 Å². The standard InChI is InChI=1S/C13H15ClN2OS/c1-2-5-11-13(18-16-15-11)12(17)8-9-6-3-4-7-10(9)14/h3-4,6-7,12,17H,2,5,8H2,1H3. The van der Waals surface area contributed by atoms with Crippen molar-refractivity contribution in [3.63, 3.8) is 0 Å². The molecule has 3 nitrogen and oxygen atoms in total. The lowest BCUT2D eigenvalue weighted by molar-refractivity contribution is 0.181. The summed E-state index contributed by atoms with van der Waals surface area (Å²) in [6.07, 6.45) is 1.77. The monoisotopic (exact) mass is 282 g/mol. The van der Waals surface area contributed by atoms with Crippen LogP contribution in [0.4, 0.5) is 0 Å². The zero-order valence-electron chi connectivity index (χ0n) is 10.1. The van der Waals surface area contributed by atoms with Gasteiger partial charge in [0.05, 0.1) is 16.7 Å². The minimum atomic E-state index is -0.577. The number of benzene rings is 1. The van der Waals surface area contributed by atoms with E-state index in [0.717, 1.165) is 29.0 Å². The number of aliphatic hydroxyl groups is 1. The van der Waals surface area contributed by atoms with E-state index >= 15 is 0 Å². The Morgan fingerprint density at radius 2 is 2.17 bits per heavy atom. The molecule has 0 aliphatic rings. The van der Waals surface area contributed by atoms with Gasteiger partial charge in [-0.2, -0.15) is 0 Å². The maximum Gasteiger partial charge on any atom is 0.0957 e. The SMILES string of the molecule is CCCc1nnsc1C(O)Cc1ccccc1Cl. The molecule has 2 rings (SSSR count). The summed E-state index contributed by atoms with van der Waals surface area (Å²) < 4.78 is 3.92. The van der Waals surface area contributed by atoms with E-state index in [9.17, 15) is 5.11 Å². The molecule has 0 fully saturated rings. The molecule has 0 amide bonds. The van der Waals surface area contributed by atoms with Gasteiger partial charge in [-0.05, 0) is 29.6 Å². The first-order valence-corrected chi connectivity index (χ1v) is 7.10. The number of halogens is 1. The fourth-order valence-electron chi connectivity index (χ4n) is 1.84. The Balaban J connectivity index is 2.14. The van der Waals surface area contributed by atoms with Crippen molar-refractivity contribution in [2.45, 2.75) is 32.3 Å². The van der Waals surface area contributed by atoms with E-state index in [2.05, 4.69) is 16.5 Å². The fraction of sp³-hybridized carbons (Fsp3) is 0.385. The van der Waals surface area contributed by atoms with E-state index in [4.69, 9.17) is 11.6 Å². The Hall–Kier alpha value is -0.970. The van der Waals surface area contributed by atoms with Crippen LogP contribution in [0.2, 0.25) is 5.02 Å². The average molecular weight is 283 g/mol. The van der Waals surface area contributed by atoms with Gasteiger partial charge in [-0.1, -0.05) is 47.6 Å². The third kappa shape index (κ3) is 3.07. The lowest BCUT2D eigenvalue weighted by atomic mass is 10.0. The Morgan fingerprint density at radius 3 is 2.89 bits per heavy atom. The van der Waals surface area contributed by atoms with E-state index in [0.29, 0.717) is 11.4 Å². The third-order valence-electron chi connectivity index (χ3n) is 2.75.